The highest BCUT2D eigenvalue weighted by molar-refractivity contribution is 5.75. The van der Waals surface area contributed by atoms with Crippen molar-refractivity contribution >= 4 is 5.91 Å². The highest BCUT2D eigenvalue weighted by Gasteiger charge is 2.11. The van der Waals surface area contributed by atoms with E-state index in [-0.39, 0.29) is 5.91 Å². The molecule has 0 atom stereocenters. The van der Waals surface area contributed by atoms with Crippen LogP contribution in [-0.2, 0) is 17.9 Å². The normalized spacial score (nSPS) is 10.6. The maximum absolute atomic E-state index is 11.9. The van der Waals surface area contributed by atoms with Gasteiger partial charge >= 0.3 is 0 Å². The number of hydrogen-bond donors (Lipinski definition) is 0. The van der Waals surface area contributed by atoms with Gasteiger partial charge in [-0.15, -0.1) is 0 Å². The zero-order valence-electron chi connectivity index (χ0n) is 11.1. The molecule has 0 fully saturated rings. The summed E-state index contributed by atoms with van der Waals surface area (Å²) in [6.45, 7) is 3.00. The first-order valence-electron chi connectivity index (χ1n) is 6.13. The molecule has 2 heterocycles. The maximum Gasteiger partial charge on any atom is 0.222 e. The van der Waals surface area contributed by atoms with Crippen LogP contribution in [-0.4, -0.2) is 37.8 Å². The summed E-state index contributed by atoms with van der Waals surface area (Å²) < 4.78 is 6.80. The van der Waals surface area contributed by atoms with Crippen LogP contribution in [0.5, 0.6) is 0 Å². The van der Waals surface area contributed by atoms with Crippen LogP contribution in [0.15, 0.2) is 23.2 Å². The number of nitrogens with zero attached hydrogens (tertiary/aromatic N) is 5. The standard InChI is InChI=1S/C12H17N5O2/c1-10-6-11(19-15-10)7-16(2)12(18)4-3-5-17-9-13-8-14-17/h6,8-9H,3-5,7H2,1-2H3. The lowest BCUT2D eigenvalue weighted by Gasteiger charge is -2.15. The number of hydrogen-bond acceptors (Lipinski definition) is 5. The van der Waals surface area contributed by atoms with Crippen molar-refractivity contribution in [3.05, 3.63) is 30.2 Å². The van der Waals surface area contributed by atoms with Gasteiger partial charge in [0.25, 0.3) is 0 Å². The molecule has 7 nitrogen and oxygen atoms in total. The van der Waals surface area contributed by atoms with Crippen LogP contribution >= 0.6 is 0 Å². The molecule has 2 aromatic heterocycles. The third kappa shape index (κ3) is 3.90. The molecular formula is C12H17N5O2. The minimum absolute atomic E-state index is 0.0779. The molecule has 0 unspecified atom stereocenters. The van der Waals surface area contributed by atoms with Gasteiger partial charge in [-0.25, -0.2) is 4.98 Å². The summed E-state index contributed by atoms with van der Waals surface area (Å²) in [5, 5.41) is 7.78. The fourth-order valence-electron chi connectivity index (χ4n) is 1.74. The van der Waals surface area contributed by atoms with E-state index in [2.05, 4.69) is 15.2 Å². The quantitative estimate of drug-likeness (QED) is 0.777. The van der Waals surface area contributed by atoms with E-state index in [1.807, 2.05) is 13.0 Å². The van der Waals surface area contributed by atoms with Crippen molar-refractivity contribution < 1.29 is 9.32 Å². The Morgan fingerprint density at radius 3 is 3.00 bits per heavy atom. The first-order chi connectivity index (χ1) is 9.15. The van der Waals surface area contributed by atoms with Crippen LogP contribution in [0, 0.1) is 6.92 Å². The fourth-order valence-corrected chi connectivity index (χ4v) is 1.74. The van der Waals surface area contributed by atoms with Crippen molar-refractivity contribution in [2.24, 2.45) is 0 Å². The van der Waals surface area contributed by atoms with Gasteiger partial charge in [-0.2, -0.15) is 5.10 Å². The number of aryl methyl sites for hydroxylation is 2. The van der Waals surface area contributed by atoms with Crippen LogP contribution in [0.3, 0.4) is 0 Å². The number of rotatable bonds is 6. The van der Waals surface area contributed by atoms with Crippen molar-refractivity contribution in [1.29, 1.82) is 0 Å². The van der Waals surface area contributed by atoms with E-state index >= 15 is 0 Å². The molecule has 0 N–H and O–H groups in total. The lowest BCUT2D eigenvalue weighted by atomic mass is 10.2. The van der Waals surface area contributed by atoms with Gasteiger partial charge in [-0.1, -0.05) is 5.16 Å². The van der Waals surface area contributed by atoms with Crippen LogP contribution in [0.4, 0.5) is 0 Å². The Morgan fingerprint density at radius 1 is 1.53 bits per heavy atom. The molecule has 0 aliphatic carbocycles. The zero-order valence-corrected chi connectivity index (χ0v) is 11.1. The van der Waals surface area contributed by atoms with Crippen molar-refractivity contribution in [3.8, 4) is 0 Å². The van der Waals surface area contributed by atoms with Crippen LogP contribution in [0.25, 0.3) is 0 Å². The van der Waals surface area contributed by atoms with E-state index in [0.717, 1.165) is 12.1 Å². The highest BCUT2D eigenvalue weighted by atomic mass is 16.5. The van der Waals surface area contributed by atoms with Crippen molar-refractivity contribution in [1.82, 2.24) is 24.8 Å². The van der Waals surface area contributed by atoms with E-state index < -0.39 is 0 Å². The predicted octanol–water partition coefficient (Wildman–Crippen LogP) is 1.01. The Hall–Kier alpha value is -2.18. The molecule has 0 spiro atoms. The number of aromatic nitrogens is 4. The van der Waals surface area contributed by atoms with Gasteiger partial charge in [0.15, 0.2) is 5.76 Å². The topological polar surface area (TPSA) is 77.0 Å². The van der Waals surface area contributed by atoms with Crippen LogP contribution in [0.1, 0.15) is 24.3 Å². The Balaban J connectivity index is 1.73. The Kier molecular flexibility index (Phi) is 4.27. The fraction of sp³-hybridized carbons (Fsp3) is 0.500. The highest BCUT2D eigenvalue weighted by Crippen LogP contribution is 2.07. The van der Waals surface area contributed by atoms with Crippen LogP contribution < -0.4 is 0 Å². The van der Waals surface area contributed by atoms with E-state index in [4.69, 9.17) is 4.52 Å². The van der Waals surface area contributed by atoms with Crippen molar-refractivity contribution in [2.45, 2.75) is 32.9 Å². The average Bonchev–Trinajstić information content (AvgIpc) is 3.01. The molecule has 2 rings (SSSR count). The maximum atomic E-state index is 11.9. The van der Waals surface area contributed by atoms with E-state index in [1.165, 1.54) is 6.33 Å². The number of amides is 1. The Labute approximate surface area is 111 Å². The molecule has 0 aliphatic rings. The molecular weight excluding hydrogens is 246 g/mol. The Bertz CT molecular complexity index is 520. The largest absolute Gasteiger partial charge is 0.359 e. The minimum Gasteiger partial charge on any atom is -0.359 e. The molecule has 0 bridgehead atoms. The molecule has 2 aromatic rings. The third-order valence-electron chi connectivity index (χ3n) is 2.74. The number of carbonyl (C=O) groups excluding carboxylic acids is 1. The smallest absolute Gasteiger partial charge is 0.222 e. The van der Waals surface area contributed by atoms with E-state index in [1.54, 1.807) is 23.0 Å². The number of carbonyl (C=O) groups is 1. The molecule has 0 saturated heterocycles. The first kappa shape index (κ1) is 13.3. The lowest BCUT2D eigenvalue weighted by Crippen LogP contribution is -2.26. The van der Waals surface area contributed by atoms with Gasteiger partial charge in [-0.05, 0) is 13.3 Å². The second-order valence-corrected chi connectivity index (χ2v) is 4.45. The summed E-state index contributed by atoms with van der Waals surface area (Å²) in [5.41, 5.74) is 0.821. The monoisotopic (exact) mass is 263 g/mol. The third-order valence-corrected chi connectivity index (χ3v) is 2.74. The molecule has 0 saturated carbocycles. The second-order valence-electron chi connectivity index (χ2n) is 4.45. The summed E-state index contributed by atoms with van der Waals surface area (Å²) in [6, 6.07) is 1.83. The van der Waals surface area contributed by atoms with Gasteiger partial charge in [0.05, 0.1) is 12.2 Å². The SMILES string of the molecule is Cc1cc(CN(C)C(=O)CCCn2cncn2)on1. The summed E-state index contributed by atoms with van der Waals surface area (Å²) in [4.78, 5) is 17.4. The van der Waals surface area contributed by atoms with Gasteiger partial charge in [-0.3, -0.25) is 9.48 Å². The lowest BCUT2D eigenvalue weighted by molar-refractivity contribution is -0.130. The van der Waals surface area contributed by atoms with Crippen molar-refractivity contribution in [2.75, 3.05) is 7.05 Å². The van der Waals surface area contributed by atoms with Crippen molar-refractivity contribution in [3.63, 3.8) is 0 Å². The molecule has 102 valence electrons. The first-order valence-corrected chi connectivity index (χ1v) is 6.13. The van der Waals surface area contributed by atoms with Crippen LogP contribution in [0.2, 0.25) is 0 Å². The predicted molar refractivity (Wildman–Crippen MR) is 67.0 cm³/mol. The van der Waals surface area contributed by atoms with Gasteiger partial charge in [0, 0.05) is 26.1 Å². The summed E-state index contributed by atoms with van der Waals surface area (Å²) in [6.07, 6.45) is 4.34. The van der Waals surface area contributed by atoms with E-state index in [0.29, 0.717) is 25.3 Å². The molecule has 0 radical (unpaired) electrons. The second kappa shape index (κ2) is 6.12. The zero-order chi connectivity index (χ0) is 13.7. The average molecular weight is 263 g/mol. The Morgan fingerprint density at radius 2 is 2.37 bits per heavy atom. The van der Waals surface area contributed by atoms with Gasteiger partial charge in [0.1, 0.15) is 12.7 Å². The summed E-state index contributed by atoms with van der Waals surface area (Å²) in [5.74, 6) is 0.777. The van der Waals surface area contributed by atoms with Gasteiger partial charge < -0.3 is 9.42 Å². The molecule has 19 heavy (non-hydrogen) atoms. The summed E-state index contributed by atoms with van der Waals surface area (Å²) >= 11 is 0. The molecule has 1 amide bonds. The molecule has 0 aliphatic heterocycles. The minimum atomic E-state index is 0.0779. The van der Waals surface area contributed by atoms with E-state index in [9.17, 15) is 4.79 Å². The summed E-state index contributed by atoms with van der Waals surface area (Å²) in [7, 11) is 1.76. The molecule has 7 heteroatoms. The molecule has 0 aromatic carbocycles. The van der Waals surface area contributed by atoms with Gasteiger partial charge in [0.2, 0.25) is 5.91 Å².